The first-order chi connectivity index (χ1) is 20.2. The fourth-order valence-electron chi connectivity index (χ4n) is 3.20. The van der Waals surface area contributed by atoms with Gasteiger partial charge < -0.3 is 48.3 Å². The molecule has 248 valence electrons. The van der Waals surface area contributed by atoms with Gasteiger partial charge in [0.15, 0.2) is 0 Å². The van der Waals surface area contributed by atoms with Crippen molar-refractivity contribution in [3.05, 3.63) is 0 Å². The lowest BCUT2D eigenvalue weighted by molar-refractivity contribution is -0.135. The van der Waals surface area contributed by atoms with Crippen molar-refractivity contribution in [2.24, 2.45) is 5.73 Å². The molecule has 0 saturated carbocycles. The SMILES string of the molecule is CC(=O)N[C@@H](C)C(=O)N[C@@H](C)C(=O)N[C@@H](C)C(=O)N[C@@H](C)C(=O)N[C@@H](C)C(=O)N[C@@H](C)C(=O)N[C@@H](C)C(=O)N[C@@H](C)C(N)=O. The molecule has 0 spiro atoms. The molecule has 8 atom stereocenters. The third-order valence-electron chi connectivity index (χ3n) is 6.11. The highest BCUT2D eigenvalue weighted by atomic mass is 16.2. The van der Waals surface area contributed by atoms with Gasteiger partial charge >= 0.3 is 0 Å². The maximum atomic E-state index is 12.6. The number of nitrogens with two attached hydrogens (primary N) is 1. The number of nitrogens with one attached hydrogen (secondary N) is 8. The molecule has 18 nitrogen and oxygen atoms in total. The smallest absolute Gasteiger partial charge is 0.242 e. The Hall–Kier alpha value is -4.77. The number of rotatable bonds is 16. The molecule has 0 radical (unpaired) electrons. The van der Waals surface area contributed by atoms with Crippen LogP contribution >= 0.6 is 0 Å². The first kappa shape index (κ1) is 39.2. The van der Waals surface area contributed by atoms with Gasteiger partial charge in [-0.2, -0.15) is 0 Å². The van der Waals surface area contributed by atoms with Crippen molar-refractivity contribution in [1.29, 1.82) is 0 Å². The van der Waals surface area contributed by atoms with Crippen LogP contribution in [0.1, 0.15) is 62.3 Å². The highest BCUT2D eigenvalue weighted by Crippen LogP contribution is 1.95. The number of amides is 9. The molecule has 9 amide bonds. The second-order valence-corrected chi connectivity index (χ2v) is 10.4. The highest BCUT2D eigenvalue weighted by Gasteiger charge is 2.28. The van der Waals surface area contributed by atoms with Crippen LogP contribution in [0.3, 0.4) is 0 Å². The lowest BCUT2D eigenvalue weighted by Crippen LogP contribution is -2.58. The summed E-state index contributed by atoms with van der Waals surface area (Å²) in [6, 6.07) is -8.38. The van der Waals surface area contributed by atoms with Gasteiger partial charge in [0, 0.05) is 6.92 Å². The largest absolute Gasteiger partial charge is 0.368 e. The first-order valence-corrected chi connectivity index (χ1v) is 13.9. The lowest BCUT2D eigenvalue weighted by Gasteiger charge is -2.23. The van der Waals surface area contributed by atoms with Crippen molar-refractivity contribution in [1.82, 2.24) is 42.5 Å². The molecule has 0 aromatic carbocycles. The Labute approximate surface area is 255 Å². The van der Waals surface area contributed by atoms with E-state index < -0.39 is 101 Å². The van der Waals surface area contributed by atoms with E-state index in [0.29, 0.717) is 0 Å². The minimum atomic E-state index is -1.13. The molecule has 10 N–H and O–H groups in total. The Morgan fingerprint density at radius 3 is 0.659 bits per heavy atom. The Balaban J connectivity index is 4.79. The minimum Gasteiger partial charge on any atom is -0.368 e. The van der Waals surface area contributed by atoms with Crippen LogP contribution in [0.2, 0.25) is 0 Å². The predicted molar refractivity (Wildman–Crippen MR) is 156 cm³/mol. The summed E-state index contributed by atoms with van der Waals surface area (Å²) in [6.07, 6.45) is 0. The van der Waals surface area contributed by atoms with Crippen LogP contribution in [0.15, 0.2) is 0 Å². The number of carbonyl (C=O) groups is 9. The van der Waals surface area contributed by atoms with Gasteiger partial charge in [0.2, 0.25) is 53.2 Å². The molecule has 0 bridgehead atoms. The normalized spacial score (nSPS) is 16.0. The fourth-order valence-corrected chi connectivity index (χ4v) is 3.20. The second-order valence-electron chi connectivity index (χ2n) is 10.4. The highest BCUT2D eigenvalue weighted by molar-refractivity contribution is 5.97. The summed E-state index contributed by atoms with van der Waals surface area (Å²) in [6.45, 7) is 12.2. The maximum absolute atomic E-state index is 12.6. The molecular formula is C26H45N9O9. The number of carbonyl (C=O) groups excluding carboxylic acids is 9. The average Bonchev–Trinajstić information content (AvgIpc) is 2.91. The summed E-state index contributed by atoms with van der Waals surface area (Å²) < 4.78 is 0. The number of hydrogen-bond acceptors (Lipinski definition) is 9. The summed E-state index contributed by atoms with van der Waals surface area (Å²) in [7, 11) is 0. The molecule has 44 heavy (non-hydrogen) atoms. The molecule has 0 aliphatic rings. The van der Waals surface area contributed by atoms with Crippen LogP contribution in [-0.4, -0.2) is 101 Å². The summed E-state index contributed by atoms with van der Waals surface area (Å²) in [5.41, 5.74) is 5.09. The van der Waals surface area contributed by atoms with Gasteiger partial charge in [-0.25, -0.2) is 0 Å². The van der Waals surface area contributed by atoms with Crippen molar-refractivity contribution in [3.8, 4) is 0 Å². The Morgan fingerprint density at radius 1 is 0.341 bits per heavy atom. The molecule has 0 rings (SSSR count). The van der Waals surface area contributed by atoms with Gasteiger partial charge in [0.25, 0.3) is 0 Å². The molecule has 0 fully saturated rings. The van der Waals surface area contributed by atoms with Crippen molar-refractivity contribution in [2.45, 2.75) is 111 Å². The maximum Gasteiger partial charge on any atom is 0.242 e. The second kappa shape index (κ2) is 18.0. The molecule has 0 aromatic heterocycles. The third kappa shape index (κ3) is 13.9. The quantitative estimate of drug-likeness (QED) is 0.0797. The summed E-state index contributed by atoms with van der Waals surface area (Å²) in [5.74, 6) is -6.04. The standard InChI is InChI=1S/C26H45N9O9/c1-10(19(27)37)29-21(39)12(3)31-23(41)14(5)33-25(43)16(7)35-26(44)17(8)34-24(42)15(6)32-22(40)13(4)30-20(38)11(2)28-18(9)36/h10-17H,1-9H3,(H2,27,37)(H,28,36)(H,29,39)(H,30,38)(H,31,41)(H,32,40)(H,33,43)(H,34,42)(H,35,44)/t10-,11-,12-,13-,14-,15-,16-,17-/m0/s1. The molecule has 0 aliphatic carbocycles. The van der Waals surface area contributed by atoms with Crippen LogP contribution in [0.25, 0.3) is 0 Å². The van der Waals surface area contributed by atoms with E-state index in [1.165, 1.54) is 62.3 Å². The zero-order valence-corrected chi connectivity index (χ0v) is 26.4. The summed E-state index contributed by atoms with van der Waals surface area (Å²) in [4.78, 5) is 109. The summed E-state index contributed by atoms with van der Waals surface area (Å²) >= 11 is 0. The van der Waals surface area contributed by atoms with Gasteiger partial charge in [-0.15, -0.1) is 0 Å². The molecule has 0 unspecified atom stereocenters. The zero-order chi connectivity index (χ0) is 34.5. The van der Waals surface area contributed by atoms with Gasteiger partial charge in [0.1, 0.15) is 48.3 Å². The van der Waals surface area contributed by atoms with Crippen molar-refractivity contribution in [3.63, 3.8) is 0 Å². The van der Waals surface area contributed by atoms with E-state index in [-0.39, 0.29) is 0 Å². The monoisotopic (exact) mass is 627 g/mol. The van der Waals surface area contributed by atoms with E-state index in [0.717, 1.165) is 0 Å². The third-order valence-corrected chi connectivity index (χ3v) is 6.11. The fraction of sp³-hybridized carbons (Fsp3) is 0.654. The Kier molecular flexibility index (Phi) is 16.1. The van der Waals surface area contributed by atoms with Crippen molar-refractivity contribution < 1.29 is 43.2 Å². The van der Waals surface area contributed by atoms with Crippen LogP contribution in [0, 0.1) is 0 Å². The molecule has 18 heteroatoms. The van der Waals surface area contributed by atoms with E-state index in [4.69, 9.17) is 5.73 Å². The predicted octanol–water partition coefficient (Wildman–Crippen LogP) is -4.47. The lowest BCUT2D eigenvalue weighted by atomic mass is 10.2. The molecule has 0 aliphatic heterocycles. The van der Waals surface area contributed by atoms with Crippen LogP contribution in [0.5, 0.6) is 0 Å². The molecule has 0 aromatic rings. The first-order valence-electron chi connectivity index (χ1n) is 13.9. The topological polar surface area (TPSA) is 276 Å². The minimum absolute atomic E-state index is 0.423. The van der Waals surface area contributed by atoms with E-state index in [2.05, 4.69) is 42.5 Å². The zero-order valence-electron chi connectivity index (χ0n) is 26.4. The van der Waals surface area contributed by atoms with E-state index >= 15 is 0 Å². The van der Waals surface area contributed by atoms with E-state index in [1.807, 2.05) is 0 Å². The van der Waals surface area contributed by atoms with Gasteiger partial charge in [0.05, 0.1) is 0 Å². The molecular weight excluding hydrogens is 582 g/mol. The van der Waals surface area contributed by atoms with Gasteiger partial charge in [-0.1, -0.05) is 0 Å². The van der Waals surface area contributed by atoms with E-state index in [1.54, 1.807) is 0 Å². The Morgan fingerprint density at radius 2 is 0.500 bits per heavy atom. The van der Waals surface area contributed by atoms with Crippen molar-refractivity contribution in [2.75, 3.05) is 0 Å². The van der Waals surface area contributed by atoms with Crippen LogP contribution in [-0.2, 0) is 43.2 Å². The Bertz CT molecular complexity index is 1130. The van der Waals surface area contributed by atoms with Crippen molar-refractivity contribution >= 4 is 53.2 Å². The average molecular weight is 628 g/mol. The van der Waals surface area contributed by atoms with Crippen LogP contribution < -0.4 is 48.3 Å². The van der Waals surface area contributed by atoms with Gasteiger partial charge in [-0.3, -0.25) is 43.2 Å². The molecule has 0 heterocycles. The summed E-state index contributed by atoms with van der Waals surface area (Å²) in [5, 5.41) is 19.1. The van der Waals surface area contributed by atoms with Crippen LogP contribution in [0.4, 0.5) is 0 Å². The number of primary amides is 1. The van der Waals surface area contributed by atoms with E-state index in [9.17, 15) is 43.2 Å². The van der Waals surface area contributed by atoms with Gasteiger partial charge in [-0.05, 0) is 55.4 Å². The number of hydrogen-bond donors (Lipinski definition) is 9. The molecule has 0 saturated heterocycles.